The average Bonchev–Trinajstić information content (AvgIpc) is 2.54. The zero-order chi connectivity index (χ0) is 16.9. The molecule has 0 bridgehead atoms. The van der Waals surface area contributed by atoms with Crippen molar-refractivity contribution in [2.24, 2.45) is 0 Å². The van der Waals surface area contributed by atoms with Gasteiger partial charge < -0.3 is 10.1 Å². The van der Waals surface area contributed by atoms with E-state index in [9.17, 15) is 18.0 Å². The molecule has 1 N–H and O–H groups in total. The average molecular weight is 322 g/mol. The summed E-state index contributed by atoms with van der Waals surface area (Å²) in [6, 6.07) is 9.73. The van der Waals surface area contributed by atoms with E-state index in [-0.39, 0.29) is 5.70 Å². The fourth-order valence-electron chi connectivity index (χ4n) is 1.78. The minimum Gasteiger partial charge on any atom is -0.497 e. The number of allylic oxidation sites excluding steroid dienone is 1. The fraction of sp³-hybridized carbons (Fsp3) is 0.125. The lowest BCUT2D eigenvalue weighted by molar-refractivity contribution is -0.165. The molecule has 4 nitrogen and oxygen atoms in total. The second-order valence-electron chi connectivity index (χ2n) is 4.52. The summed E-state index contributed by atoms with van der Waals surface area (Å²) in [4.78, 5) is 15.1. The Labute approximate surface area is 130 Å². The number of aromatic nitrogens is 1. The zero-order valence-electron chi connectivity index (χ0n) is 12.1. The lowest BCUT2D eigenvalue weighted by Gasteiger charge is -2.12. The van der Waals surface area contributed by atoms with E-state index < -0.39 is 12.0 Å². The molecule has 1 aromatic heterocycles. The summed E-state index contributed by atoms with van der Waals surface area (Å²) in [5, 5.41) is 2.79. The van der Waals surface area contributed by atoms with Gasteiger partial charge in [-0.15, -0.1) is 0 Å². The maximum atomic E-state index is 12.5. The van der Waals surface area contributed by atoms with Crippen molar-refractivity contribution in [3.8, 4) is 5.75 Å². The van der Waals surface area contributed by atoms with Gasteiger partial charge in [0.2, 0.25) is 0 Å². The molecule has 0 aliphatic heterocycles. The molecule has 0 radical (unpaired) electrons. The number of halogens is 3. The van der Waals surface area contributed by atoms with E-state index in [0.717, 1.165) is 0 Å². The first kappa shape index (κ1) is 16.5. The van der Waals surface area contributed by atoms with Gasteiger partial charge in [0.15, 0.2) is 0 Å². The van der Waals surface area contributed by atoms with Crippen molar-refractivity contribution in [2.45, 2.75) is 6.18 Å². The Balaban J connectivity index is 2.38. The van der Waals surface area contributed by atoms with Gasteiger partial charge in [0.05, 0.1) is 12.8 Å². The maximum absolute atomic E-state index is 12.5. The summed E-state index contributed by atoms with van der Waals surface area (Å²) in [6.45, 7) is 0. The molecule has 0 amide bonds. The van der Waals surface area contributed by atoms with E-state index >= 15 is 0 Å². The molecular formula is C16H13F3N2O2. The lowest BCUT2D eigenvalue weighted by Crippen LogP contribution is -2.21. The molecule has 0 unspecified atom stereocenters. The maximum Gasteiger partial charge on any atom is 0.454 e. The summed E-state index contributed by atoms with van der Waals surface area (Å²) in [5.41, 5.74) is 0.830. The third-order valence-electron chi connectivity index (χ3n) is 2.88. The topological polar surface area (TPSA) is 51.2 Å². The number of nitrogens with one attached hydrogen (secondary N) is 1. The Morgan fingerprint density at radius 3 is 2.65 bits per heavy atom. The molecule has 23 heavy (non-hydrogen) atoms. The highest BCUT2D eigenvalue weighted by Crippen LogP contribution is 2.24. The number of ether oxygens (including phenoxy) is 1. The van der Waals surface area contributed by atoms with Gasteiger partial charge in [0.1, 0.15) is 5.75 Å². The number of hydrogen-bond acceptors (Lipinski definition) is 4. The van der Waals surface area contributed by atoms with Gasteiger partial charge >= 0.3 is 6.18 Å². The van der Waals surface area contributed by atoms with Crippen LogP contribution in [0, 0.1) is 0 Å². The molecule has 120 valence electrons. The van der Waals surface area contributed by atoms with Crippen molar-refractivity contribution in [3.05, 3.63) is 60.4 Å². The van der Waals surface area contributed by atoms with Crippen LogP contribution in [-0.4, -0.2) is 24.1 Å². The van der Waals surface area contributed by atoms with E-state index in [2.05, 4.69) is 10.3 Å². The van der Waals surface area contributed by atoms with Crippen molar-refractivity contribution in [1.29, 1.82) is 0 Å². The lowest BCUT2D eigenvalue weighted by atomic mass is 10.1. The molecule has 0 spiro atoms. The van der Waals surface area contributed by atoms with Crippen LogP contribution in [0.3, 0.4) is 0 Å². The minimum absolute atomic E-state index is 0.00585. The van der Waals surface area contributed by atoms with Crippen molar-refractivity contribution >= 4 is 17.2 Å². The molecule has 1 heterocycles. The molecule has 0 atom stereocenters. The third kappa shape index (κ3) is 4.57. The Bertz CT molecular complexity index is 713. The monoisotopic (exact) mass is 322 g/mol. The number of benzene rings is 1. The summed E-state index contributed by atoms with van der Waals surface area (Å²) in [5.74, 6) is -1.42. The van der Waals surface area contributed by atoms with Gasteiger partial charge in [0, 0.05) is 35.8 Å². The number of ketones is 1. The molecule has 1 aromatic carbocycles. The number of alkyl halides is 3. The fourth-order valence-corrected chi connectivity index (χ4v) is 1.78. The van der Waals surface area contributed by atoms with Crippen molar-refractivity contribution < 1.29 is 22.7 Å². The third-order valence-corrected chi connectivity index (χ3v) is 2.88. The Kier molecular flexibility index (Phi) is 5.00. The zero-order valence-corrected chi connectivity index (χ0v) is 12.1. The van der Waals surface area contributed by atoms with Crippen LogP contribution >= 0.6 is 0 Å². The summed E-state index contributed by atoms with van der Waals surface area (Å²) in [6.07, 6.45) is -1.58. The molecule has 0 aliphatic rings. The first-order valence-electron chi connectivity index (χ1n) is 6.54. The summed E-state index contributed by atoms with van der Waals surface area (Å²) in [7, 11) is 1.48. The molecule has 0 aliphatic carbocycles. The Morgan fingerprint density at radius 1 is 1.26 bits per heavy atom. The van der Waals surface area contributed by atoms with Crippen LogP contribution in [-0.2, 0) is 4.79 Å². The van der Waals surface area contributed by atoms with Gasteiger partial charge in [-0.1, -0.05) is 6.07 Å². The predicted octanol–water partition coefficient (Wildman–Crippen LogP) is 3.67. The first-order chi connectivity index (χ1) is 10.9. The highest BCUT2D eigenvalue weighted by molar-refractivity contribution is 6.02. The van der Waals surface area contributed by atoms with Crippen LogP contribution in [0.1, 0.15) is 5.56 Å². The van der Waals surface area contributed by atoms with Gasteiger partial charge in [0.25, 0.3) is 5.78 Å². The van der Waals surface area contributed by atoms with Crippen LogP contribution in [0.25, 0.3) is 5.70 Å². The summed E-state index contributed by atoms with van der Waals surface area (Å²) < 4.78 is 42.6. The quantitative estimate of drug-likeness (QED) is 0.853. The smallest absolute Gasteiger partial charge is 0.454 e. The Hall–Kier alpha value is -2.83. The molecular weight excluding hydrogens is 309 g/mol. The molecule has 2 aromatic rings. The molecule has 2 rings (SSSR count). The van der Waals surface area contributed by atoms with Crippen LogP contribution in [0.4, 0.5) is 18.9 Å². The largest absolute Gasteiger partial charge is 0.497 e. The molecule has 0 fully saturated rings. The van der Waals surface area contributed by atoms with Gasteiger partial charge in [-0.3, -0.25) is 9.78 Å². The van der Waals surface area contributed by atoms with E-state index in [1.54, 1.807) is 36.4 Å². The Morgan fingerprint density at radius 2 is 2.04 bits per heavy atom. The second kappa shape index (κ2) is 6.95. The normalized spacial score (nSPS) is 11.9. The first-order valence-corrected chi connectivity index (χ1v) is 6.54. The van der Waals surface area contributed by atoms with E-state index in [4.69, 9.17) is 4.74 Å². The number of methoxy groups -OCH3 is 1. The number of carbonyl (C=O) groups excluding carboxylic acids is 1. The molecule has 7 heteroatoms. The molecule has 0 saturated heterocycles. The number of carbonyl (C=O) groups is 1. The van der Waals surface area contributed by atoms with Gasteiger partial charge in [-0.05, 0) is 24.3 Å². The number of nitrogens with zero attached hydrogens (tertiary/aromatic N) is 1. The van der Waals surface area contributed by atoms with E-state index in [1.807, 2.05) is 0 Å². The van der Waals surface area contributed by atoms with Crippen molar-refractivity contribution in [3.63, 3.8) is 0 Å². The van der Waals surface area contributed by atoms with Crippen LogP contribution in [0.5, 0.6) is 5.75 Å². The van der Waals surface area contributed by atoms with Gasteiger partial charge in [-0.2, -0.15) is 13.2 Å². The summed E-state index contributed by atoms with van der Waals surface area (Å²) >= 11 is 0. The van der Waals surface area contributed by atoms with Crippen LogP contribution in [0.2, 0.25) is 0 Å². The standard InChI is InChI=1S/C16H13F3N2O2/c1-23-13-6-2-5-12(8-13)21-14(9-15(22)16(17,18)19)11-4-3-7-20-10-11/h2-10,21H,1H3/b14-9-. The number of hydrogen-bond donors (Lipinski definition) is 1. The van der Waals surface area contributed by atoms with Crippen LogP contribution < -0.4 is 10.1 Å². The van der Waals surface area contributed by atoms with Gasteiger partial charge in [-0.25, -0.2) is 0 Å². The van der Waals surface area contributed by atoms with E-state index in [1.165, 1.54) is 19.5 Å². The highest BCUT2D eigenvalue weighted by Gasteiger charge is 2.36. The van der Waals surface area contributed by atoms with Crippen molar-refractivity contribution in [1.82, 2.24) is 4.98 Å². The molecule has 0 saturated carbocycles. The predicted molar refractivity (Wildman–Crippen MR) is 79.9 cm³/mol. The van der Waals surface area contributed by atoms with E-state index in [0.29, 0.717) is 23.1 Å². The SMILES string of the molecule is COc1cccc(N/C(=C\C(=O)C(F)(F)F)c2cccnc2)c1. The number of rotatable bonds is 5. The van der Waals surface area contributed by atoms with Crippen LogP contribution in [0.15, 0.2) is 54.9 Å². The second-order valence-corrected chi connectivity index (χ2v) is 4.52. The van der Waals surface area contributed by atoms with Crippen molar-refractivity contribution in [2.75, 3.05) is 12.4 Å². The number of anilines is 1. The number of pyridine rings is 1. The highest BCUT2D eigenvalue weighted by atomic mass is 19.4. The minimum atomic E-state index is -4.94.